The Morgan fingerprint density at radius 1 is 1.37 bits per heavy atom. The Labute approximate surface area is 114 Å². The van der Waals surface area contributed by atoms with Crippen molar-refractivity contribution >= 4 is 12.0 Å². The van der Waals surface area contributed by atoms with Crippen molar-refractivity contribution in [2.24, 2.45) is 5.92 Å². The number of piperidine rings is 1. The molecule has 0 aromatic heterocycles. The highest BCUT2D eigenvalue weighted by Gasteiger charge is 2.26. The molecule has 2 amide bonds. The molecule has 0 aliphatic carbocycles. The van der Waals surface area contributed by atoms with Crippen LogP contribution in [0.2, 0.25) is 0 Å². The highest BCUT2D eigenvalue weighted by atomic mass is 16.5. The average Bonchev–Trinajstić information content (AvgIpc) is 2.39. The quantitative estimate of drug-likeness (QED) is 0.790. The maximum absolute atomic E-state index is 12.2. The molecular formula is C13H24N2O4. The summed E-state index contributed by atoms with van der Waals surface area (Å²) in [6.45, 7) is 5.05. The van der Waals surface area contributed by atoms with Gasteiger partial charge in [0.15, 0.2) is 0 Å². The summed E-state index contributed by atoms with van der Waals surface area (Å²) in [5.41, 5.74) is 0. The molecule has 1 heterocycles. The summed E-state index contributed by atoms with van der Waals surface area (Å²) in [5.74, 6) is -0.546. The molecule has 0 saturated carbocycles. The van der Waals surface area contributed by atoms with Crippen LogP contribution < -0.4 is 0 Å². The van der Waals surface area contributed by atoms with E-state index in [-0.39, 0.29) is 18.4 Å². The summed E-state index contributed by atoms with van der Waals surface area (Å²) in [7, 11) is 1.62. The minimum Gasteiger partial charge on any atom is -0.481 e. The highest BCUT2D eigenvalue weighted by Crippen LogP contribution is 2.21. The van der Waals surface area contributed by atoms with Gasteiger partial charge in [-0.1, -0.05) is 0 Å². The van der Waals surface area contributed by atoms with E-state index in [1.54, 1.807) is 12.0 Å². The summed E-state index contributed by atoms with van der Waals surface area (Å²) in [5, 5.41) is 8.76. The first-order valence-electron chi connectivity index (χ1n) is 6.83. The fraction of sp³-hybridized carbons (Fsp3) is 0.846. The van der Waals surface area contributed by atoms with Crippen molar-refractivity contribution in [3.8, 4) is 0 Å². The van der Waals surface area contributed by atoms with Crippen molar-refractivity contribution in [1.82, 2.24) is 9.80 Å². The van der Waals surface area contributed by atoms with Gasteiger partial charge in [-0.15, -0.1) is 0 Å². The molecule has 0 aromatic rings. The molecule has 0 spiro atoms. The number of hydrogen-bond acceptors (Lipinski definition) is 3. The lowest BCUT2D eigenvalue weighted by Gasteiger charge is -2.35. The van der Waals surface area contributed by atoms with Gasteiger partial charge in [0.2, 0.25) is 0 Å². The smallest absolute Gasteiger partial charge is 0.320 e. The van der Waals surface area contributed by atoms with Gasteiger partial charge in [0.05, 0.1) is 6.61 Å². The van der Waals surface area contributed by atoms with E-state index in [0.717, 1.165) is 12.8 Å². The molecule has 6 nitrogen and oxygen atoms in total. The summed E-state index contributed by atoms with van der Waals surface area (Å²) in [6.07, 6.45) is 1.77. The number of amides is 2. The van der Waals surface area contributed by atoms with Crippen LogP contribution in [0.5, 0.6) is 0 Å². The monoisotopic (exact) mass is 272 g/mol. The second-order valence-corrected chi connectivity index (χ2v) is 4.88. The van der Waals surface area contributed by atoms with Crippen LogP contribution in [-0.4, -0.2) is 66.8 Å². The topological polar surface area (TPSA) is 70.1 Å². The van der Waals surface area contributed by atoms with Gasteiger partial charge in [-0.25, -0.2) is 4.79 Å². The summed E-state index contributed by atoms with van der Waals surface area (Å²) in [6, 6.07) is 0.0355. The van der Waals surface area contributed by atoms with Crippen molar-refractivity contribution in [2.75, 3.05) is 39.9 Å². The van der Waals surface area contributed by atoms with E-state index in [4.69, 9.17) is 9.84 Å². The number of carboxylic acids is 1. The first kappa shape index (κ1) is 15.8. The number of urea groups is 1. The first-order chi connectivity index (χ1) is 9.08. The van der Waals surface area contributed by atoms with Crippen LogP contribution in [0.3, 0.4) is 0 Å². The fourth-order valence-corrected chi connectivity index (χ4v) is 2.37. The number of likely N-dealkylation sites (tertiary alicyclic amines) is 1. The SMILES string of the molecule is CCN(CCOC)C(=O)N1CCC(CC(=O)O)CC1. The highest BCUT2D eigenvalue weighted by molar-refractivity contribution is 5.74. The molecule has 1 rings (SSSR count). The Morgan fingerprint density at radius 3 is 2.47 bits per heavy atom. The molecule has 1 saturated heterocycles. The molecule has 0 unspecified atom stereocenters. The second-order valence-electron chi connectivity index (χ2n) is 4.88. The minimum atomic E-state index is -0.750. The predicted molar refractivity (Wildman–Crippen MR) is 71.1 cm³/mol. The zero-order chi connectivity index (χ0) is 14.3. The van der Waals surface area contributed by atoms with Gasteiger partial charge in [0.25, 0.3) is 0 Å². The zero-order valence-electron chi connectivity index (χ0n) is 11.8. The van der Waals surface area contributed by atoms with Crippen LogP contribution in [0.1, 0.15) is 26.2 Å². The van der Waals surface area contributed by atoms with Crippen LogP contribution >= 0.6 is 0 Å². The Hall–Kier alpha value is -1.30. The summed E-state index contributed by atoms with van der Waals surface area (Å²) in [4.78, 5) is 26.5. The third-order valence-corrected chi connectivity index (χ3v) is 3.57. The standard InChI is InChI=1S/C13H24N2O4/c1-3-14(8-9-19-2)13(18)15-6-4-11(5-7-15)10-12(16)17/h11H,3-10H2,1-2H3,(H,16,17). The summed E-state index contributed by atoms with van der Waals surface area (Å²) < 4.78 is 4.99. The molecule has 1 fully saturated rings. The molecule has 19 heavy (non-hydrogen) atoms. The van der Waals surface area contributed by atoms with Crippen LogP contribution in [0.15, 0.2) is 0 Å². The Kier molecular flexibility index (Phi) is 6.62. The van der Waals surface area contributed by atoms with Crippen molar-refractivity contribution in [1.29, 1.82) is 0 Å². The molecule has 0 atom stereocenters. The number of likely N-dealkylation sites (N-methyl/N-ethyl adjacent to an activating group) is 1. The Bertz CT molecular complexity index is 301. The van der Waals surface area contributed by atoms with E-state index in [0.29, 0.717) is 32.8 Å². The third kappa shape index (κ3) is 5.06. The normalized spacial score (nSPS) is 16.4. The van der Waals surface area contributed by atoms with Gasteiger partial charge < -0.3 is 19.6 Å². The van der Waals surface area contributed by atoms with Gasteiger partial charge in [0.1, 0.15) is 0 Å². The number of rotatable bonds is 6. The van der Waals surface area contributed by atoms with Gasteiger partial charge in [0, 0.05) is 39.7 Å². The molecule has 0 aromatic carbocycles. The van der Waals surface area contributed by atoms with Crippen LogP contribution in [0.4, 0.5) is 4.79 Å². The maximum Gasteiger partial charge on any atom is 0.320 e. The molecule has 1 aliphatic heterocycles. The van der Waals surface area contributed by atoms with E-state index < -0.39 is 5.97 Å². The van der Waals surface area contributed by atoms with E-state index in [1.165, 1.54) is 0 Å². The molecule has 6 heteroatoms. The van der Waals surface area contributed by atoms with Crippen molar-refractivity contribution in [3.05, 3.63) is 0 Å². The maximum atomic E-state index is 12.2. The number of carbonyl (C=O) groups is 2. The summed E-state index contributed by atoms with van der Waals surface area (Å²) >= 11 is 0. The molecule has 110 valence electrons. The fourth-order valence-electron chi connectivity index (χ4n) is 2.37. The van der Waals surface area contributed by atoms with Crippen molar-refractivity contribution in [3.63, 3.8) is 0 Å². The number of methoxy groups -OCH3 is 1. The number of carboxylic acid groups (broad SMARTS) is 1. The lowest BCUT2D eigenvalue weighted by molar-refractivity contribution is -0.138. The average molecular weight is 272 g/mol. The van der Waals surface area contributed by atoms with E-state index in [1.807, 2.05) is 11.8 Å². The predicted octanol–water partition coefficient (Wildman–Crippen LogP) is 1.26. The Balaban J connectivity index is 2.40. The molecule has 0 bridgehead atoms. The Morgan fingerprint density at radius 2 is 2.00 bits per heavy atom. The second kappa shape index (κ2) is 7.99. The number of aliphatic carboxylic acids is 1. The molecule has 0 radical (unpaired) electrons. The minimum absolute atomic E-state index is 0.0355. The zero-order valence-corrected chi connectivity index (χ0v) is 11.8. The third-order valence-electron chi connectivity index (χ3n) is 3.57. The van der Waals surface area contributed by atoms with E-state index in [9.17, 15) is 9.59 Å². The van der Waals surface area contributed by atoms with E-state index in [2.05, 4.69) is 0 Å². The van der Waals surface area contributed by atoms with E-state index >= 15 is 0 Å². The lowest BCUT2D eigenvalue weighted by atomic mass is 9.94. The molecule has 1 aliphatic rings. The molecule has 1 N–H and O–H groups in total. The van der Waals surface area contributed by atoms with Crippen molar-refractivity contribution in [2.45, 2.75) is 26.2 Å². The van der Waals surface area contributed by atoms with Crippen LogP contribution in [0, 0.1) is 5.92 Å². The van der Waals surface area contributed by atoms with Gasteiger partial charge in [-0.05, 0) is 25.7 Å². The van der Waals surface area contributed by atoms with Crippen LogP contribution in [0.25, 0.3) is 0 Å². The van der Waals surface area contributed by atoms with Gasteiger partial charge >= 0.3 is 12.0 Å². The van der Waals surface area contributed by atoms with Gasteiger partial charge in [-0.3, -0.25) is 4.79 Å². The molecular weight excluding hydrogens is 248 g/mol. The van der Waals surface area contributed by atoms with Gasteiger partial charge in [-0.2, -0.15) is 0 Å². The number of nitrogens with zero attached hydrogens (tertiary/aromatic N) is 2. The van der Waals surface area contributed by atoms with Crippen LogP contribution in [-0.2, 0) is 9.53 Å². The number of hydrogen-bond donors (Lipinski definition) is 1. The number of ether oxygens (including phenoxy) is 1. The first-order valence-corrected chi connectivity index (χ1v) is 6.83. The number of carbonyl (C=O) groups excluding carboxylic acids is 1. The van der Waals surface area contributed by atoms with Crippen molar-refractivity contribution < 1.29 is 19.4 Å². The lowest BCUT2D eigenvalue weighted by Crippen LogP contribution is -2.47. The largest absolute Gasteiger partial charge is 0.481 e.